The maximum atomic E-state index is 6.27. The van der Waals surface area contributed by atoms with Crippen LogP contribution in [0.3, 0.4) is 0 Å². The van der Waals surface area contributed by atoms with Crippen LogP contribution in [0.4, 0.5) is 0 Å². The summed E-state index contributed by atoms with van der Waals surface area (Å²) in [7, 11) is 0. The Kier molecular flexibility index (Phi) is 4.21. The Balaban J connectivity index is 2.05. The van der Waals surface area contributed by atoms with Crippen LogP contribution >= 0.6 is 34.8 Å². The van der Waals surface area contributed by atoms with Crippen LogP contribution in [-0.4, -0.2) is 0 Å². The van der Waals surface area contributed by atoms with Crippen molar-refractivity contribution in [2.75, 3.05) is 0 Å². The van der Waals surface area contributed by atoms with E-state index in [2.05, 4.69) is 24.3 Å². The molecule has 0 bridgehead atoms. The van der Waals surface area contributed by atoms with E-state index in [-0.39, 0.29) is 0 Å². The molecule has 3 aromatic rings. The average Bonchev–Trinajstić information content (AvgIpc) is 2.53. The first kappa shape index (κ1) is 14.5. The molecule has 3 aromatic carbocycles. The molecule has 0 N–H and O–H groups in total. The number of halogens is 3. The third-order valence-electron chi connectivity index (χ3n) is 3.32. The third kappa shape index (κ3) is 2.94. The van der Waals surface area contributed by atoms with Crippen LogP contribution in [0.2, 0.25) is 15.1 Å². The predicted molar refractivity (Wildman–Crippen MR) is 92.3 cm³/mol. The van der Waals surface area contributed by atoms with Crippen molar-refractivity contribution in [1.82, 2.24) is 0 Å². The zero-order valence-electron chi connectivity index (χ0n) is 11.0. The fourth-order valence-corrected chi connectivity index (χ4v) is 3.00. The quantitative estimate of drug-likeness (QED) is 0.444. The molecule has 0 spiro atoms. The minimum atomic E-state index is 0.483. The smallest absolute Gasteiger partial charge is 0.0685 e. The van der Waals surface area contributed by atoms with Crippen molar-refractivity contribution in [3.63, 3.8) is 0 Å². The molecular weight excluding hydrogens is 323 g/mol. The summed E-state index contributed by atoms with van der Waals surface area (Å²) in [6, 6.07) is 21.8. The van der Waals surface area contributed by atoms with Crippen LogP contribution in [0.15, 0.2) is 66.7 Å². The van der Waals surface area contributed by atoms with Crippen LogP contribution in [0.5, 0.6) is 0 Å². The van der Waals surface area contributed by atoms with Gasteiger partial charge in [0.2, 0.25) is 0 Å². The molecule has 0 radical (unpaired) electrons. The molecule has 0 heterocycles. The number of hydrogen-bond acceptors (Lipinski definition) is 0. The molecule has 0 saturated carbocycles. The second-order valence-corrected chi connectivity index (χ2v) is 5.85. The van der Waals surface area contributed by atoms with Gasteiger partial charge in [0, 0.05) is 10.6 Å². The highest BCUT2D eigenvalue weighted by Gasteiger charge is 2.11. The molecule has 0 saturated heterocycles. The predicted octanol–water partition coefficient (Wildman–Crippen LogP) is 6.98. The summed E-state index contributed by atoms with van der Waals surface area (Å²) in [5.74, 6) is 0. The monoisotopic (exact) mass is 332 g/mol. The minimum Gasteiger partial charge on any atom is -0.0836 e. The minimum absolute atomic E-state index is 0.483. The molecule has 0 aliphatic carbocycles. The summed E-state index contributed by atoms with van der Waals surface area (Å²) >= 11 is 18.6. The van der Waals surface area contributed by atoms with Gasteiger partial charge in [0.15, 0.2) is 0 Å². The first-order valence-corrected chi connectivity index (χ1v) is 7.59. The molecule has 104 valence electrons. The lowest BCUT2D eigenvalue weighted by Crippen LogP contribution is -1.84. The van der Waals surface area contributed by atoms with Crippen LogP contribution in [-0.2, 0) is 0 Å². The van der Waals surface area contributed by atoms with Crippen molar-refractivity contribution < 1.29 is 0 Å². The maximum absolute atomic E-state index is 6.27. The molecule has 3 heteroatoms. The van der Waals surface area contributed by atoms with Crippen LogP contribution < -0.4 is 0 Å². The Labute approximate surface area is 138 Å². The molecule has 0 atom stereocenters. The van der Waals surface area contributed by atoms with Crippen molar-refractivity contribution in [1.29, 1.82) is 0 Å². The molecule has 3 rings (SSSR count). The third-order valence-corrected chi connectivity index (χ3v) is 4.44. The van der Waals surface area contributed by atoms with E-state index >= 15 is 0 Å². The van der Waals surface area contributed by atoms with E-state index in [0.717, 1.165) is 16.7 Å². The fraction of sp³-hybridized carbons (Fsp3) is 0. The lowest BCUT2D eigenvalue weighted by Gasteiger charge is -2.10. The van der Waals surface area contributed by atoms with E-state index in [1.807, 2.05) is 30.3 Å². The average molecular weight is 334 g/mol. The van der Waals surface area contributed by atoms with Gasteiger partial charge in [0.25, 0.3) is 0 Å². The first-order valence-electron chi connectivity index (χ1n) is 6.46. The normalized spacial score (nSPS) is 10.6. The van der Waals surface area contributed by atoms with Crippen molar-refractivity contribution in [2.24, 2.45) is 0 Å². The Morgan fingerprint density at radius 2 is 1.00 bits per heavy atom. The highest BCUT2D eigenvalue weighted by atomic mass is 35.5. The zero-order valence-corrected chi connectivity index (χ0v) is 13.3. The topological polar surface area (TPSA) is 0 Å². The van der Waals surface area contributed by atoms with Crippen molar-refractivity contribution in [3.8, 4) is 22.3 Å². The van der Waals surface area contributed by atoms with Gasteiger partial charge in [-0.2, -0.15) is 0 Å². The highest BCUT2D eigenvalue weighted by Crippen LogP contribution is 2.39. The van der Waals surface area contributed by atoms with E-state index in [1.54, 1.807) is 12.1 Å². The number of hydrogen-bond donors (Lipinski definition) is 0. The molecule has 0 fully saturated rings. The Bertz CT molecular complexity index is 762. The van der Waals surface area contributed by atoms with Crippen LogP contribution in [0.25, 0.3) is 22.3 Å². The summed E-state index contributed by atoms with van der Waals surface area (Å²) in [6.45, 7) is 0. The second kappa shape index (κ2) is 6.11. The number of rotatable bonds is 2. The SMILES string of the molecule is Clc1ccc(Cl)c(-c2ccc(-c3ccccc3)cc2)c1Cl. The van der Waals surface area contributed by atoms with E-state index in [1.165, 1.54) is 5.56 Å². The van der Waals surface area contributed by atoms with Gasteiger partial charge in [0.1, 0.15) is 0 Å². The zero-order chi connectivity index (χ0) is 14.8. The Hall–Kier alpha value is -1.47. The van der Waals surface area contributed by atoms with Gasteiger partial charge >= 0.3 is 0 Å². The van der Waals surface area contributed by atoms with Gasteiger partial charge in [-0.15, -0.1) is 0 Å². The maximum Gasteiger partial charge on any atom is 0.0685 e. The Morgan fingerprint density at radius 1 is 0.476 bits per heavy atom. The molecular formula is C18H11Cl3. The standard InChI is InChI=1S/C18H11Cl3/c19-15-10-11-16(20)18(21)17(15)14-8-6-13(7-9-14)12-4-2-1-3-5-12/h1-11H. The van der Waals surface area contributed by atoms with Crippen molar-refractivity contribution >= 4 is 34.8 Å². The Morgan fingerprint density at radius 3 is 1.67 bits per heavy atom. The second-order valence-electron chi connectivity index (χ2n) is 4.66. The van der Waals surface area contributed by atoms with Gasteiger partial charge in [0.05, 0.1) is 10.0 Å². The molecule has 0 amide bonds. The summed E-state index contributed by atoms with van der Waals surface area (Å²) in [5.41, 5.74) is 4.04. The summed E-state index contributed by atoms with van der Waals surface area (Å²) < 4.78 is 0. The van der Waals surface area contributed by atoms with Crippen LogP contribution in [0.1, 0.15) is 0 Å². The molecule has 0 aliphatic heterocycles. The summed E-state index contributed by atoms with van der Waals surface area (Å²) in [5, 5.41) is 1.58. The molecule has 21 heavy (non-hydrogen) atoms. The summed E-state index contributed by atoms with van der Waals surface area (Å²) in [6.07, 6.45) is 0. The number of benzene rings is 3. The van der Waals surface area contributed by atoms with E-state index in [4.69, 9.17) is 34.8 Å². The van der Waals surface area contributed by atoms with Gasteiger partial charge < -0.3 is 0 Å². The summed E-state index contributed by atoms with van der Waals surface area (Å²) in [4.78, 5) is 0. The first-order chi connectivity index (χ1) is 10.2. The largest absolute Gasteiger partial charge is 0.0836 e. The lowest BCUT2D eigenvalue weighted by atomic mass is 10.0. The lowest BCUT2D eigenvalue weighted by molar-refractivity contribution is 1.59. The van der Waals surface area contributed by atoms with E-state index < -0.39 is 0 Å². The highest BCUT2D eigenvalue weighted by molar-refractivity contribution is 6.46. The molecule has 0 unspecified atom stereocenters. The van der Waals surface area contributed by atoms with E-state index in [0.29, 0.717) is 15.1 Å². The van der Waals surface area contributed by atoms with Crippen molar-refractivity contribution in [3.05, 3.63) is 81.8 Å². The van der Waals surface area contributed by atoms with Gasteiger partial charge in [-0.25, -0.2) is 0 Å². The molecule has 0 aromatic heterocycles. The van der Waals surface area contributed by atoms with Gasteiger partial charge in [-0.3, -0.25) is 0 Å². The van der Waals surface area contributed by atoms with Gasteiger partial charge in [-0.1, -0.05) is 89.4 Å². The molecule has 0 aliphatic rings. The fourth-order valence-electron chi connectivity index (χ4n) is 2.25. The van der Waals surface area contributed by atoms with Crippen molar-refractivity contribution in [2.45, 2.75) is 0 Å². The van der Waals surface area contributed by atoms with E-state index in [9.17, 15) is 0 Å². The van der Waals surface area contributed by atoms with Gasteiger partial charge in [-0.05, 0) is 28.8 Å². The molecule has 0 nitrogen and oxygen atoms in total. The van der Waals surface area contributed by atoms with Crippen LogP contribution in [0, 0.1) is 0 Å².